The lowest BCUT2D eigenvalue weighted by atomic mass is 9.96. The van der Waals surface area contributed by atoms with Crippen LogP contribution in [0.1, 0.15) is 50.0 Å². The molecule has 3 aromatic carbocycles. The van der Waals surface area contributed by atoms with E-state index in [2.05, 4.69) is 13.5 Å². The summed E-state index contributed by atoms with van der Waals surface area (Å²) in [4.78, 5) is 0. The van der Waals surface area contributed by atoms with E-state index in [0.29, 0.717) is 36.3 Å². The molecule has 0 spiro atoms. The van der Waals surface area contributed by atoms with E-state index >= 15 is 0 Å². The van der Waals surface area contributed by atoms with Gasteiger partial charge in [0.1, 0.15) is 0 Å². The highest BCUT2D eigenvalue weighted by atomic mass is 19.2. The summed E-state index contributed by atoms with van der Waals surface area (Å²) in [5.41, 5.74) is 1.40. The fraction of sp³-hybridized carbons (Fsp3) is 0.333. The van der Waals surface area contributed by atoms with Crippen LogP contribution in [-0.4, -0.2) is 13.2 Å². The molecule has 36 heavy (non-hydrogen) atoms. The van der Waals surface area contributed by atoms with Crippen molar-refractivity contribution in [1.82, 2.24) is 0 Å². The van der Waals surface area contributed by atoms with Gasteiger partial charge in [0.25, 0.3) is 0 Å². The van der Waals surface area contributed by atoms with Crippen molar-refractivity contribution < 1.29 is 27.0 Å². The predicted octanol–water partition coefficient (Wildman–Crippen LogP) is 8.55. The third-order valence-corrected chi connectivity index (χ3v) is 6.59. The van der Waals surface area contributed by atoms with E-state index in [1.165, 1.54) is 12.1 Å². The molecule has 4 rings (SSSR count). The number of benzene rings is 3. The van der Waals surface area contributed by atoms with Crippen molar-refractivity contribution in [3.05, 3.63) is 95.6 Å². The van der Waals surface area contributed by atoms with Gasteiger partial charge in [-0.15, -0.1) is 6.58 Å². The van der Waals surface area contributed by atoms with Crippen molar-refractivity contribution >= 4 is 0 Å². The fourth-order valence-corrected chi connectivity index (χ4v) is 4.38. The zero-order valence-corrected chi connectivity index (χ0v) is 20.3. The summed E-state index contributed by atoms with van der Waals surface area (Å²) in [7, 11) is 0. The Kier molecular flexibility index (Phi) is 8.60. The van der Waals surface area contributed by atoms with Gasteiger partial charge in [0.05, 0.1) is 13.2 Å². The molecule has 3 aromatic rings. The van der Waals surface area contributed by atoms with Gasteiger partial charge in [0, 0.05) is 22.6 Å². The molecule has 0 saturated carbocycles. The summed E-state index contributed by atoms with van der Waals surface area (Å²) in [6.07, 6.45) is 5.15. The van der Waals surface area contributed by atoms with Gasteiger partial charge in [0.2, 0.25) is 0 Å². The van der Waals surface area contributed by atoms with E-state index in [-0.39, 0.29) is 22.6 Å². The average molecular weight is 499 g/mol. The highest BCUT2D eigenvalue weighted by Crippen LogP contribution is 2.34. The molecule has 0 atom stereocenters. The van der Waals surface area contributed by atoms with Crippen molar-refractivity contribution in [3.63, 3.8) is 0 Å². The van der Waals surface area contributed by atoms with Crippen molar-refractivity contribution in [2.45, 2.75) is 45.3 Å². The number of hydrogen-bond donors (Lipinski definition) is 0. The van der Waals surface area contributed by atoms with E-state index in [9.17, 15) is 17.6 Å². The second-order valence-electron chi connectivity index (χ2n) is 9.11. The summed E-state index contributed by atoms with van der Waals surface area (Å²) >= 11 is 0. The molecule has 0 bridgehead atoms. The SMILES string of the molecule is C=CC1COC(c2ccc(-c3ccc(-c4ccc(CCCCCC)c(F)c4F)cc3)c(F)c2F)OC1. The Morgan fingerprint density at radius 2 is 1.33 bits per heavy atom. The van der Waals surface area contributed by atoms with Crippen LogP contribution >= 0.6 is 0 Å². The fourth-order valence-electron chi connectivity index (χ4n) is 4.38. The Morgan fingerprint density at radius 1 is 0.750 bits per heavy atom. The van der Waals surface area contributed by atoms with Gasteiger partial charge in [-0.25, -0.2) is 17.6 Å². The zero-order chi connectivity index (χ0) is 25.7. The number of halogens is 4. The Morgan fingerprint density at radius 3 is 1.92 bits per heavy atom. The molecule has 1 saturated heterocycles. The summed E-state index contributed by atoms with van der Waals surface area (Å²) in [6, 6.07) is 12.4. The minimum absolute atomic E-state index is 0.00672. The molecule has 2 nitrogen and oxygen atoms in total. The molecule has 0 aromatic heterocycles. The van der Waals surface area contributed by atoms with Crippen LogP contribution in [0.5, 0.6) is 0 Å². The van der Waals surface area contributed by atoms with Crippen molar-refractivity contribution in [2.24, 2.45) is 5.92 Å². The Balaban J connectivity index is 1.52. The molecular weight excluding hydrogens is 468 g/mol. The van der Waals surface area contributed by atoms with Crippen LogP contribution in [-0.2, 0) is 15.9 Å². The number of unbranched alkanes of at least 4 members (excludes halogenated alkanes) is 3. The van der Waals surface area contributed by atoms with Crippen molar-refractivity contribution in [2.75, 3.05) is 13.2 Å². The number of rotatable bonds is 9. The number of ether oxygens (including phenoxy) is 2. The highest BCUT2D eigenvalue weighted by Gasteiger charge is 2.27. The smallest absolute Gasteiger partial charge is 0.186 e. The van der Waals surface area contributed by atoms with Crippen molar-refractivity contribution in [1.29, 1.82) is 0 Å². The molecule has 0 unspecified atom stereocenters. The lowest BCUT2D eigenvalue weighted by Crippen LogP contribution is -2.26. The third kappa shape index (κ3) is 5.55. The van der Waals surface area contributed by atoms with Crippen LogP contribution < -0.4 is 0 Å². The largest absolute Gasteiger partial charge is 0.348 e. The summed E-state index contributed by atoms with van der Waals surface area (Å²) in [6.45, 7) is 6.41. The van der Waals surface area contributed by atoms with Crippen LogP contribution in [0.25, 0.3) is 22.3 Å². The molecule has 1 aliphatic rings. The zero-order valence-electron chi connectivity index (χ0n) is 20.3. The van der Waals surface area contributed by atoms with Crippen LogP contribution in [0.2, 0.25) is 0 Å². The van der Waals surface area contributed by atoms with Crippen LogP contribution in [0, 0.1) is 29.2 Å². The molecule has 1 heterocycles. The van der Waals surface area contributed by atoms with Gasteiger partial charge >= 0.3 is 0 Å². The molecule has 1 fully saturated rings. The van der Waals surface area contributed by atoms with Gasteiger partial charge in [-0.1, -0.05) is 80.8 Å². The Labute approximate surface area is 209 Å². The minimum Gasteiger partial charge on any atom is -0.348 e. The van der Waals surface area contributed by atoms with Gasteiger partial charge in [0.15, 0.2) is 29.6 Å². The molecular formula is C30H30F4O2. The molecule has 0 radical (unpaired) electrons. The molecule has 190 valence electrons. The number of aryl methyl sites for hydroxylation is 1. The minimum atomic E-state index is -1.04. The first-order valence-corrected chi connectivity index (χ1v) is 12.4. The standard InChI is InChI=1S/C30H30F4O2/c1-3-5-6-7-8-22-13-14-23(27(32)26(22)31)20-9-11-21(12-10-20)24-15-16-25(29(34)28(24)33)30-35-17-19(4-2)18-36-30/h4,9-16,19,30H,2-3,5-8,17-18H2,1H3. The van der Waals surface area contributed by atoms with Gasteiger partial charge < -0.3 is 9.47 Å². The van der Waals surface area contributed by atoms with E-state index in [4.69, 9.17) is 9.47 Å². The molecule has 1 aliphatic heterocycles. The van der Waals surface area contributed by atoms with E-state index in [1.54, 1.807) is 42.5 Å². The molecule has 0 aliphatic carbocycles. The quantitative estimate of drug-likeness (QED) is 0.167. The highest BCUT2D eigenvalue weighted by molar-refractivity contribution is 5.71. The van der Waals surface area contributed by atoms with E-state index in [0.717, 1.165) is 25.7 Å². The van der Waals surface area contributed by atoms with E-state index < -0.39 is 29.6 Å². The second kappa shape index (κ2) is 11.8. The topological polar surface area (TPSA) is 18.5 Å². The Hall–Kier alpha value is -2.96. The summed E-state index contributed by atoms with van der Waals surface area (Å²) in [5, 5.41) is 0. The van der Waals surface area contributed by atoms with Crippen molar-refractivity contribution in [3.8, 4) is 22.3 Å². The monoisotopic (exact) mass is 498 g/mol. The van der Waals surface area contributed by atoms with Crippen LogP contribution in [0.15, 0.2) is 61.2 Å². The lowest BCUT2D eigenvalue weighted by Gasteiger charge is -2.28. The molecule has 6 heteroatoms. The second-order valence-corrected chi connectivity index (χ2v) is 9.11. The maximum Gasteiger partial charge on any atom is 0.186 e. The van der Waals surface area contributed by atoms with Gasteiger partial charge in [-0.3, -0.25) is 0 Å². The van der Waals surface area contributed by atoms with E-state index in [1.807, 2.05) is 0 Å². The summed E-state index contributed by atoms with van der Waals surface area (Å²) < 4.78 is 70.3. The first-order chi connectivity index (χ1) is 17.4. The summed E-state index contributed by atoms with van der Waals surface area (Å²) in [5.74, 6) is -3.79. The van der Waals surface area contributed by atoms with Gasteiger partial charge in [-0.05, 0) is 29.5 Å². The average Bonchev–Trinajstić information content (AvgIpc) is 2.91. The first kappa shape index (κ1) is 26.1. The predicted molar refractivity (Wildman–Crippen MR) is 133 cm³/mol. The van der Waals surface area contributed by atoms with Crippen LogP contribution in [0.4, 0.5) is 17.6 Å². The van der Waals surface area contributed by atoms with Gasteiger partial charge in [-0.2, -0.15) is 0 Å². The molecule has 0 amide bonds. The Bertz CT molecular complexity index is 1200. The third-order valence-electron chi connectivity index (χ3n) is 6.59. The maximum absolute atomic E-state index is 15.0. The van der Waals surface area contributed by atoms with Crippen LogP contribution in [0.3, 0.4) is 0 Å². The molecule has 0 N–H and O–H groups in total. The lowest BCUT2D eigenvalue weighted by molar-refractivity contribution is -0.198. The normalized spacial score (nSPS) is 17.8. The maximum atomic E-state index is 15.0. The first-order valence-electron chi connectivity index (χ1n) is 12.4. The number of hydrogen-bond acceptors (Lipinski definition) is 2.